The zero-order valence-corrected chi connectivity index (χ0v) is 17.5. The molecule has 4 heterocycles. The topological polar surface area (TPSA) is 112 Å². The van der Waals surface area contributed by atoms with Crippen molar-refractivity contribution in [3.05, 3.63) is 48.5 Å². The molecule has 0 unspecified atom stereocenters. The highest BCUT2D eigenvalue weighted by molar-refractivity contribution is 5.83. The van der Waals surface area contributed by atoms with E-state index < -0.39 is 30.3 Å². The standard InChI is InChI=1S/C21H24N6O4/c1-21(2)30-14-15(19(28)22-3)29-20(16(14)31-21)27-11-26-13-17(24-10-25-18(13)27)23-9-12-7-5-4-6-8-12/h4-8,10-11,14-16,20H,9H2,1-3H3,(H,22,28)(H,23,24,25)/t14-,15+,16-,20-/m1/s1. The smallest absolute Gasteiger partial charge is 0.251 e. The number of hydrogen-bond acceptors (Lipinski definition) is 8. The van der Waals surface area contributed by atoms with Gasteiger partial charge in [0.25, 0.3) is 5.91 Å². The number of nitrogens with zero attached hydrogens (tertiary/aromatic N) is 4. The summed E-state index contributed by atoms with van der Waals surface area (Å²) < 4.78 is 19.9. The molecule has 2 N–H and O–H groups in total. The summed E-state index contributed by atoms with van der Waals surface area (Å²) in [4.78, 5) is 25.7. The summed E-state index contributed by atoms with van der Waals surface area (Å²) in [6, 6.07) is 10.0. The third kappa shape index (κ3) is 3.52. The van der Waals surface area contributed by atoms with Crippen LogP contribution in [0.4, 0.5) is 5.82 Å². The zero-order valence-electron chi connectivity index (χ0n) is 17.5. The first kappa shape index (κ1) is 19.9. The summed E-state index contributed by atoms with van der Waals surface area (Å²) in [5, 5.41) is 5.95. The number of anilines is 1. The van der Waals surface area contributed by atoms with E-state index in [1.54, 1.807) is 17.9 Å². The van der Waals surface area contributed by atoms with Crippen LogP contribution in [-0.4, -0.2) is 56.6 Å². The molecular formula is C21H24N6O4. The second-order valence-electron chi connectivity index (χ2n) is 8.01. The normalized spacial score (nSPS) is 26.7. The summed E-state index contributed by atoms with van der Waals surface area (Å²) in [6.07, 6.45) is 0.690. The van der Waals surface area contributed by atoms with Crippen LogP contribution in [-0.2, 0) is 25.5 Å². The number of aromatic nitrogens is 4. The molecule has 2 fully saturated rings. The van der Waals surface area contributed by atoms with E-state index in [0.717, 1.165) is 5.56 Å². The minimum absolute atomic E-state index is 0.261. The first-order chi connectivity index (χ1) is 15.0. The molecule has 5 rings (SSSR count). The largest absolute Gasteiger partial charge is 0.364 e. The van der Waals surface area contributed by atoms with Crippen LogP contribution in [0.25, 0.3) is 11.2 Å². The van der Waals surface area contributed by atoms with Gasteiger partial charge in [-0.2, -0.15) is 0 Å². The lowest BCUT2D eigenvalue weighted by Gasteiger charge is -2.24. The van der Waals surface area contributed by atoms with Gasteiger partial charge >= 0.3 is 0 Å². The Bertz CT molecular complexity index is 1100. The van der Waals surface area contributed by atoms with Crippen LogP contribution in [0, 0.1) is 0 Å². The molecule has 0 spiro atoms. The molecule has 0 radical (unpaired) electrons. The predicted octanol–water partition coefficient (Wildman–Crippen LogP) is 1.60. The Morgan fingerprint density at radius 1 is 1.13 bits per heavy atom. The number of imidazole rings is 1. The van der Waals surface area contributed by atoms with Crippen molar-refractivity contribution in [2.24, 2.45) is 0 Å². The molecule has 2 aliphatic heterocycles. The van der Waals surface area contributed by atoms with Gasteiger partial charge in [0, 0.05) is 13.6 Å². The average molecular weight is 424 g/mol. The van der Waals surface area contributed by atoms with Gasteiger partial charge in [-0.3, -0.25) is 9.36 Å². The van der Waals surface area contributed by atoms with Crippen molar-refractivity contribution in [2.75, 3.05) is 12.4 Å². The van der Waals surface area contributed by atoms with Crippen LogP contribution in [0.15, 0.2) is 43.0 Å². The second kappa shape index (κ2) is 7.56. The third-order valence-electron chi connectivity index (χ3n) is 5.47. The Morgan fingerprint density at radius 3 is 2.68 bits per heavy atom. The number of rotatable bonds is 5. The monoisotopic (exact) mass is 424 g/mol. The van der Waals surface area contributed by atoms with E-state index in [1.165, 1.54) is 6.33 Å². The van der Waals surface area contributed by atoms with Gasteiger partial charge in [0.2, 0.25) is 0 Å². The lowest BCUT2D eigenvalue weighted by molar-refractivity contribution is -0.197. The number of hydrogen-bond donors (Lipinski definition) is 2. The third-order valence-corrected chi connectivity index (χ3v) is 5.47. The summed E-state index contributed by atoms with van der Waals surface area (Å²) in [5.74, 6) is -0.464. The van der Waals surface area contributed by atoms with Crippen LogP contribution >= 0.6 is 0 Å². The Morgan fingerprint density at radius 2 is 1.90 bits per heavy atom. The summed E-state index contributed by atoms with van der Waals surface area (Å²) in [6.45, 7) is 4.25. The minimum Gasteiger partial charge on any atom is -0.364 e. The fourth-order valence-electron chi connectivity index (χ4n) is 4.10. The molecule has 2 aromatic heterocycles. The van der Waals surface area contributed by atoms with Gasteiger partial charge in [-0.25, -0.2) is 15.0 Å². The molecule has 10 nitrogen and oxygen atoms in total. The van der Waals surface area contributed by atoms with E-state index in [4.69, 9.17) is 14.2 Å². The van der Waals surface area contributed by atoms with Crippen molar-refractivity contribution in [3.63, 3.8) is 0 Å². The number of fused-ring (bicyclic) bond motifs is 2. The quantitative estimate of drug-likeness (QED) is 0.635. The molecule has 2 saturated heterocycles. The van der Waals surface area contributed by atoms with E-state index in [2.05, 4.69) is 25.6 Å². The first-order valence-corrected chi connectivity index (χ1v) is 10.1. The molecule has 0 aliphatic carbocycles. The molecule has 0 saturated carbocycles. The maximum Gasteiger partial charge on any atom is 0.251 e. The summed E-state index contributed by atoms with van der Waals surface area (Å²) in [7, 11) is 1.57. The highest BCUT2D eigenvalue weighted by Gasteiger charge is 2.58. The van der Waals surface area contributed by atoms with Crippen molar-refractivity contribution in [1.29, 1.82) is 0 Å². The Hall–Kier alpha value is -3.08. The van der Waals surface area contributed by atoms with E-state index in [-0.39, 0.29) is 5.91 Å². The number of ether oxygens (including phenoxy) is 3. The molecule has 3 aromatic rings. The number of likely N-dealkylation sites (N-methyl/N-ethyl adjacent to an activating group) is 1. The fourth-order valence-corrected chi connectivity index (χ4v) is 4.10. The Kier molecular flexibility index (Phi) is 4.84. The highest BCUT2D eigenvalue weighted by atomic mass is 16.8. The predicted molar refractivity (Wildman–Crippen MR) is 111 cm³/mol. The second-order valence-corrected chi connectivity index (χ2v) is 8.01. The lowest BCUT2D eigenvalue weighted by atomic mass is 10.1. The van der Waals surface area contributed by atoms with E-state index >= 15 is 0 Å². The number of amides is 1. The van der Waals surface area contributed by atoms with Gasteiger partial charge < -0.3 is 24.8 Å². The SMILES string of the molecule is CNC(=O)[C@H]1O[C@@H](n2cnc3c(NCc4ccccc4)ncnc32)[C@@H]2OC(C)(C)O[C@@H]21. The first-order valence-electron chi connectivity index (χ1n) is 10.1. The van der Waals surface area contributed by atoms with Gasteiger partial charge in [-0.15, -0.1) is 0 Å². The van der Waals surface area contributed by atoms with Crippen LogP contribution in [0.3, 0.4) is 0 Å². The molecule has 31 heavy (non-hydrogen) atoms. The molecule has 4 atom stereocenters. The van der Waals surface area contributed by atoms with Gasteiger partial charge in [-0.1, -0.05) is 30.3 Å². The van der Waals surface area contributed by atoms with Crippen molar-refractivity contribution in [2.45, 2.75) is 50.7 Å². The minimum atomic E-state index is -0.822. The van der Waals surface area contributed by atoms with Crippen molar-refractivity contribution in [1.82, 2.24) is 24.8 Å². The molecule has 0 bridgehead atoms. The Balaban J connectivity index is 1.46. The molecular weight excluding hydrogens is 400 g/mol. The van der Waals surface area contributed by atoms with Gasteiger partial charge in [0.1, 0.15) is 18.5 Å². The number of carbonyl (C=O) groups excluding carboxylic acids is 1. The number of carbonyl (C=O) groups is 1. The van der Waals surface area contributed by atoms with Crippen LogP contribution in [0.2, 0.25) is 0 Å². The summed E-state index contributed by atoms with van der Waals surface area (Å²) in [5.41, 5.74) is 2.32. The van der Waals surface area contributed by atoms with E-state index in [0.29, 0.717) is 23.5 Å². The fraction of sp³-hybridized carbons (Fsp3) is 0.429. The van der Waals surface area contributed by atoms with Gasteiger partial charge in [0.15, 0.2) is 35.1 Å². The van der Waals surface area contributed by atoms with Crippen LogP contribution in [0.5, 0.6) is 0 Å². The molecule has 2 aliphatic rings. The van der Waals surface area contributed by atoms with Crippen LogP contribution < -0.4 is 10.6 Å². The zero-order chi connectivity index (χ0) is 21.6. The number of benzene rings is 1. The van der Waals surface area contributed by atoms with E-state index in [9.17, 15) is 4.79 Å². The molecule has 162 valence electrons. The van der Waals surface area contributed by atoms with E-state index in [1.807, 2.05) is 44.2 Å². The maximum absolute atomic E-state index is 12.4. The number of nitrogens with one attached hydrogen (secondary N) is 2. The maximum atomic E-state index is 12.4. The Labute approximate surface area is 178 Å². The van der Waals surface area contributed by atoms with Gasteiger partial charge in [0.05, 0.1) is 6.33 Å². The molecule has 1 aromatic carbocycles. The van der Waals surface area contributed by atoms with Crippen molar-refractivity contribution >= 4 is 22.9 Å². The van der Waals surface area contributed by atoms with Gasteiger partial charge in [-0.05, 0) is 19.4 Å². The van der Waals surface area contributed by atoms with Crippen molar-refractivity contribution in [3.8, 4) is 0 Å². The van der Waals surface area contributed by atoms with Crippen LogP contribution in [0.1, 0.15) is 25.6 Å². The molecule has 10 heteroatoms. The average Bonchev–Trinajstić information content (AvgIpc) is 3.43. The lowest BCUT2D eigenvalue weighted by Crippen LogP contribution is -2.41. The summed E-state index contributed by atoms with van der Waals surface area (Å²) >= 11 is 0. The highest BCUT2D eigenvalue weighted by Crippen LogP contribution is 2.43. The van der Waals surface area contributed by atoms with Crippen molar-refractivity contribution < 1.29 is 19.0 Å². The molecule has 1 amide bonds.